The normalized spacial score (nSPS) is 10.0. The summed E-state index contributed by atoms with van der Waals surface area (Å²) in [5.41, 5.74) is 3.55. The van der Waals surface area contributed by atoms with Gasteiger partial charge in [0, 0.05) is 18.7 Å². The first-order valence-corrected chi connectivity index (χ1v) is 7.29. The van der Waals surface area contributed by atoms with E-state index in [1.807, 2.05) is 24.3 Å². The Kier molecular flexibility index (Phi) is 5.58. The Bertz CT molecular complexity index is 613. The molecule has 0 aromatic heterocycles. The summed E-state index contributed by atoms with van der Waals surface area (Å²) in [6, 6.07) is 16.3. The minimum Gasteiger partial charge on any atom is -0.496 e. The predicted molar refractivity (Wildman–Crippen MR) is 90.5 cm³/mol. The van der Waals surface area contributed by atoms with Crippen molar-refractivity contribution < 1.29 is 4.74 Å². The molecule has 0 saturated heterocycles. The Morgan fingerprint density at radius 2 is 1.81 bits per heavy atom. The molecule has 21 heavy (non-hydrogen) atoms. The minimum atomic E-state index is 0.641. The maximum absolute atomic E-state index is 5.32. The molecule has 3 nitrogen and oxygen atoms in total. The van der Waals surface area contributed by atoms with Crippen LogP contribution in [0.3, 0.4) is 0 Å². The van der Waals surface area contributed by atoms with E-state index in [9.17, 15) is 0 Å². The molecule has 4 heteroatoms. The highest BCUT2D eigenvalue weighted by atomic mass is 32.1. The number of hydrogen-bond acceptors (Lipinski definition) is 2. The predicted octanol–water partition coefficient (Wildman–Crippen LogP) is 3.17. The third-order valence-corrected chi connectivity index (χ3v) is 3.46. The van der Waals surface area contributed by atoms with Gasteiger partial charge in [0.15, 0.2) is 5.11 Å². The fourth-order valence-corrected chi connectivity index (χ4v) is 2.24. The molecule has 0 fully saturated rings. The third kappa shape index (κ3) is 4.76. The van der Waals surface area contributed by atoms with Crippen LogP contribution in [-0.2, 0) is 13.1 Å². The van der Waals surface area contributed by atoms with Crippen molar-refractivity contribution >= 4 is 17.3 Å². The molecule has 2 rings (SSSR count). The molecule has 0 aliphatic carbocycles. The topological polar surface area (TPSA) is 33.3 Å². The molecule has 110 valence electrons. The number of nitrogens with one attached hydrogen (secondary N) is 2. The maximum atomic E-state index is 5.32. The second-order valence-corrected chi connectivity index (χ2v) is 5.25. The molecular formula is C17H20N2OS. The maximum Gasteiger partial charge on any atom is 0.166 e. The van der Waals surface area contributed by atoms with Crippen molar-refractivity contribution in [1.29, 1.82) is 0 Å². The molecule has 0 saturated carbocycles. The van der Waals surface area contributed by atoms with Crippen LogP contribution in [0.25, 0.3) is 0 Å². The zero-order chi connectivity index (χ0) is 15.1. The molecule has 0 amide bonds. The monoisotopic (exact) mass is 300 g/mol. The van der Waals surface area contributed by atoms with Gasteiger partial charge < -0.3 is 15.4 Å². The quantitative estimate of drug-likeness (QED) is 0.831. The van der Waals surface area contributed by atoms with Crippen LogP contribution in [0.1, 0.15) is 16.7 Å². The number of ether oxygens (including phenoxy) is 1. The summed E-state index contributed by atoms with van der Waals surface area (Å²) in [5.74, 6) is 0.867. The van der Waals surface area contributed by atoms with E-state index in [0.717, 1.165) is 17.9 Å². The van der Waals surface area contributed by atoms with Gasteiger partial charge in [0.1, 0.15) is 5.75 Å². The number of methoxy groups -OCH3 is 1. The first kappa shape index (κ1) is 15.3. The summed E-state index contributed by atoms with van der Waals surface area (Å²) in [7, 11) is 1.67. The van der Waals surface area contributed by atoms with Gasteiger partial charge in [-0.05, 0) is 30.8 Å². The van der Waals surface area contributed by atoms with E-state index < -0.39 is 0 Å². The number of rotatable bonds is 5. The summed E-state index contributed by atoms with van der Waals surface area (Å²) in [6.45, 7) is 3.45. The van der Waals surface area contributed by atoms with Crippen molar-refractivity contribution in [3.8, 4) is 5.75 Å². The highest BCUT2D eigenvalue weighted by molar-refractivity contribution is 7.80. The molecule has 2 aromatic carbocycles. The molecular weight excluding hydrogens is 280 g/mol. The second-order valence-electron chi connectivity index (χ2n) is 4.84. The molecule has 0 atom stereocenters. The average Bonchev–Trinajstić information content (AvgIpc) is 2.51. The van der Waals surface area contributed by atoms with Gasteiger partial charge in [-0.25, -0.2) is 0 Å². The minimum absolute atomic E-state index is 0.641. The zero-order valence-electron chi connectivity index (χ0n) is 12.3. The summed E-state index contributed by atoms with van der Waals surface area (Å²) in [4.78, 5) is 0. The highest BCUT2D eigenvalue weighted by Crippen LogP contribution is 2.16. The highest BCUT2D eigenvalue weighted by Gasteiger charge is 2.02. The molecule has 0 radical (unpaired) electrons. The van der Waals surface area contributed by atoms with Gasteiger partial charge in [0.25, 0.3) is 0 Å². The Hall–Kier alpha value is -2.07. The van der Waals surface area contributed by atoms with Crippen LogP contribution in [-0.4, -0.2) is 12.2 Å². The van der Waals surface area contributed by atoms with E-state index in [2.05, 4.69) is 41.8 Å². The molecule has 0 unspecified atom stereocenters. The van der Waals surface area contributed by atoms with Crippen LogP contribution in [0, 0.1) is 6.92 Å². The van der Waals surface area contributed by atoms with Crippen molar-refractivity contribution in [3.05, 3.63) is 65.2 Å². The van der Waals surface area contributed by atoms with Crippen molar-refractivity contribution in [2.45, 2.75) is 20.0 Å². The van der Waals surface area contributed by atoms with Gasteiger partial charge in [-0.3, -0.25) is 0 Å². The van der Waals surface area contributed by atoms with E-state index in [1.54, 1.807) is 7.11 Å². The summed E-state index contributed by atoms with van der Waals surface area (Å²) < 4.78 is 5.32. The van der Waals surface area contributed by atoms with Crippen LogP contribution < -0.4 is 15.4 Å². The van der Waals surface area contributed by atoms with E-state index in [4.69, 9.17) is 17.0 Å². The van der Waals surface area contributed by atoms with Gasteiger partial charge >= 0.3 is 0 Å². The van der Waals surface area contributed by atoms with Gasteiger partial charge in [-0.1, -0.05) is 48.0 Å². The van der Waals surface area contributed by atoms with Crippen LogP contribution in [0.5, 0.6) is 5.75 Å². The van der Waals surface area contributed by atoms with Crippen LogP contribution >= 0.6 is 12.2 Å². The zero-order valence-corrected chi connectivity index (χ0v) is 13.2. The molecule has 0 bridgehead atoms. The van der Waals surface area contributed by atoms with E-state index in [1.165, 1.54) is 11.1 Å². The first-order valence-electron chi connectivity index (χ1n) is 6.88. The standard InChI is InChI=1S/C17H20N2OS/c1-13-6-5-7-14(10-13)11-18-17(21)19-12-15-8-3-4-9-16(15)20-2/h3-10H,11-12H2,1-2H3,(H2,18,19,21). The van der Waals surface area contributed by atoms with E-state index in [0.29, 0.717) is 11.7 Å². The SMILES string of the molecule is COc1ccccc1CNC(=S)NCc1cccc(C)c1. The lowest BCUT2D eigenvalue weighted by Crippen LogP contribution is -2.34. The van der Waals surface area contributed by atoms with Gasteiger partial charge in [-0.2, -0.15) is 0 Å². The lowest BCUT2D eigenvalue weighted by Gasteiger charge is -2.13. The molecule has 2 N–H and O–H groups in total. The number of thiocarbonyl (C=S) groups is 1. The molecule has 0 heterocycles. The fraction of sp³-hybridized carbons (Fsp3) is 0.235. The van der Waals surface area contributed by atoms with Gasteiger partial charge in [0.05, 0.1) is 7.11 Å². The number of benzene rings is 2. The van der Waals surface area contributed by atoms with Crippen LogP contribution in [0.2, 0.25) is 0 Å². The molecule has 0 spiro atoms. The van der Waals surface area contributed by atoms with Crippen molar-refractivity contribution in [2.75, 3.05) is 7.11 Å². The molecule has 0 aliphatic rings. The summed E-state index contributed by atoms with van der Waals surface area (Å²) >= 11 is 5.30. The van der Waals surface area contributed by atoms with Gasteiger partial charge in [-0.15, -0.1) is 0 Å². The molecule has 2 aromatic rings. The largest absolute Gasteiger partial charge is 0.496 e. The van der Waals surface area contributed by atoms with Crippen molar-refractivity contribution in [3.63, 3.8) is 0 Å². The van der Waals surface area contributed by atoms with Crippen molar-refractivity contribution in [2.24, 2.45) is 0 Å². The Morgan fingerprint density at radius 1 is 1.05 bits per heavy atom. The number of para-hydroxylation sites is 1. The smallest absolute Gasteiger partial charge is 0.166 e. The lowest BCUT2D eigenvalue weighted by molar-refractivity contribution is 0.409. The summed E-state index contributed by atoms with van der Waals surface area (Å²) in [6.07, 6.45) is 0. The van der Waals surface area contributed by atoms with Crippen LogP contribution in [0.4, 0.5) is 0 Å². The number of aryl methyl sites for hydroxylation is 1. The van der Waals surface area contributed by atoms with Gasteiger partial charge in [0.2, 0.25) is 0 Å². The fourth-order valence-electron chi connectivity index (χ4n) is 2.09. The lowest BCUT2D eigenvalue weighted by atomic mass is 10.1. The second kappa shape index (κ2) is 7.64. The Labute approximate surface area is 131 Å². The van der Waals surface area contributed by atoms with Crippen LogP contribution in [0.15, 0.2) is 48.5 Å². The number of hydrogen-bond donors (Lipinski definition) is 2. The van der Waals surface area contributed by atoms with Crippen molar-refractivity contribution in [1.82, 2.24) is 10.6 Å². The average molecular weight is 300 g/mol. The third-order valence-electron chi connectivity index (χ3n) is 3.17. The Balaban J connectivity index is 1.82. The Morgan fingerprint density at radius 3 is 2.57 bits per heavy atom. The van der Waals surface area contributed by atoms with E-state index >= 15 is 0 Å². The van der Waals surface area contributed by atoms with E-state index in [-0.39, 0.29) is 0 Å². The first-order chi connectivity index (χ1) is 10.2. The molecule has 0 aliphatic heterocycles. The summed E-state index contributed by atoms with van der Waals surface area (Å²) in [5, 5.41) is 7.05.